The van der Waals surface area contributed by atoms with Crippen LogP contribution in [-0.2, 0) is 11.8 Å². The monoisotopic (exact) mass is 336 g/mol. The molecule has 0 bridgehead atoms. The van der Waals surface area contributed by atoms with Gasteiger partial charge in [0.25, 0.3) is 0 Å². The van der Waals surface area contributed by atoms with Crippen molar-refractivity contribution in [2.75, 3.05) is 20.1 Å². The van der Waals surface area contributed by atoms with E-state index in [1.54, 1.807) is 0 Å². The number of aromatic nitrogens is 1. The van der Waals surface area contributed by atoms with E-state index < -0.39 is 0 Å². The molecule has 0 radical (unpaired) electrons. The van der Waals surface area contributed by atoms with Gasteiger partial charge in [0.05, 0.1) is 0 Å². The van der Waals surface area contributed by atoms with Crippen molar-refractivity contribution in [1.82, 2.24) is 15.6 Å². The predicted molar refractivity (Wildman–Crippen MR) is 104 cm³/mol. The molecule has 0 atom stereocenters. The van der Waals surface area contributed by atoms with Gasteiger partial charge in [0.2, 0.25) is 0 Å². The molecule has 25 heavy (non-hydrogen) atoms. The molecule has 2 aromatic rings. The van der Waals surface area contributed by atoms with Crippen LogP contribution in [0.5, 0.6) is 0 Å². The lowest BCUT2D eigenvalue weighted by Gasteiger charge is -2.30. The Hall–Kier alpha value is -2.36. The van der Waals surface area contributed by atoms with Crippen molar-refractivity contribution >= 4 is 5.96 Å². The first-order chi connectivity index (χ1) is 12.3. The number of aliphatic imine (C=N–C) groups is 1. The molecule has 1 fully saturated rings. The van der Waals surface area contributed by atoms with Crippen molar-refractivity contribution in [2.24, 2.45) is 4.99 Å². The summed E-state index contributed by atoms with van der Waals surface area (Å²) in [7, 11) is 1.83. The minimum atomic E-state index is 0.236. The largest absolute Gasteiger partial charge is 0.356 e. The Kier molecular flexibility index (Phi) is 6.04. The maximum Gasteiger partial charge on any atom is 0.191 e. The SMILES string of the molecule is CN=C(NCCc1ccccn1)NCC1(c2ccccc2)CCCC1. The number of rotatable bonds is 6. The molecule has 1 aliphatic carbocycles. The Morgan fingerprint density at radius 1 is 1.04 bits per heavy atom. The molecule has 4 nitrogen and oxygen atoms in total. The number of guanidine groups is 1. The lowest BCUT2D eigenvalue weighted by molar-refractivity contribution is 0.432. The summed E-state index contributed by atoms with van der Waals surface area (Å²) in [6.45, 7) is 1.76. The Balaban J connectivity index is 1.54. The van der Waals surface area contributed by atoms with Crippen molar-refractivity contribution in [3.8, 4) is 0 Å². The summed E-state index contributed by atoms with van der Waals surface area (Å²) in [5.41, 5.74) is 2.78. The van der Waals surface area contributed by atoms with Gasteiger partial charge in [-0.2, -0.15) is 0 Å². The van der Waals surface area contributed by atoms with E-state index in [1.165, 1.54) is 31.2 Å². The van der Waals surface area contributed by atoms with Crippen molar-refractivity contribution in [1.29, 1.82) is 0 Å². The molecular formula is C21H28N4. The minimum absolute atomic E-state index is 0.236. The third kappa shape index (κ3) is 4.59. The van der Waals surface area contributed by atoms with Gasteiger partial charge in [0, 0.05) is 43.9 Å². The summed E-state index contributed by atoms with van der Waals surface area (Å²) in [5, 5.41) is 6.96. The Morgan fingerprint density at radius 2 is 1.80 bits per heavy atom. The van der Waals surface area contributed by atoms with Crippen LogP contribution in [-0.4, -0.2) is 31.1 Å². The van der Waals surface area contributed by atoms with E-state index in [0.717, 1.165) is 31.2 Å². The van der Waals surface area contributed by atoms with E-state index in [4.69, 9.17) is 0 Å². The zero-order valence-corrected chi connectivity index (χ0v) is 15.0. The van der Waals surface area contributed by atoms with Crippen LogP contribution in [0.2, 0.25) is 0 Å². The van der Waals surface area contributed by atoms with Crippen LogP contribution in [0.15, 0.2) is 59.7 Å². The van der Waals surface area contributed by atoms with Crippen LogP contribution in [0, 0.1) is 0 Å². The van der Waals surface area contributed by atoms with E-state index in [-0.39, 0.29) is 5.41 Å². The first-order valence-electron chi connectivity index (χ1n) is 9.22. The molecular weight excluding hydrogens is 308 g/mol. The van der Waals surface area contributed by atoms with Gasteiger partial charge in [0.15, 0.2) is 5.96 Å². The van der Waals surface area contributed by atoms with Crippen LogP contribution in [0.1, 0.15) is 36.9 Å². The van der Waals surface area contributed by atoms with Gasteiger partial charge in [0.1, 0.15) is 0 Å². The molecule has 0 saturated heterocycles. The second-order valence-corrected chi connectivity index (χ2v) is 6.78. The predicted octanol–water partition coefficient (Wildman–Crippen LogP) is 3.30. The average molecular weight is 336 g/mol. The van der Waals surface area contributed by atoms with Gasteiger partial charge in [-0.05, 0) is 30.5 Å². The second-order valence-electron chi connectivity index (χ2n) is 6.78. The highest BCUT2D eigenvalue weighted by Crippen LogP contribution is 2.40. The fraction of sp³-hybridized carbons (Fsp3) is 0.429. The van der Waals surface area contributed by atoms with E-state index >= 15 is 0 Å². The number of hydrogen-bond donors (Lipinski definition) is 2. The van der Waals surface area contributed by atoms with Crippen LogP contribution >= 0.6 is 0 Å². The summed E-state index contributed by atoms with van der Waals surface area (Å²) in [6, 6.07) is 17.0. The zero-order valence-electron chi connectivity index (χ0n) is 15.0. The topological polar surface area (TPSA) is 49.3 Å². The second kappa shape index (κ2) is 8.65. The fourth-order valence-corrected chi connectivity index (χ4v) is 3.74. The first-order valence-corrected chi connectivity index (χ1v) is 9.22. The molecule has 132 valence electrons. The van der Waals surface area contributed by atoms with Gasteiger partial charge in [-0.1, -0.05) is 49.2 Å². The highest BCUT2D eigenvalue weighted by molar-refractivity contribution is 5.79. The third-order valence-electron chi connectivity index (χ3n) is 5.16. The zero-order chi connectivity index (χ0) is 17.4. The molecule has 1 saturated carbocycles. The average Bonchev–Trinajstić information content (AvgIpc) is 3.16. The lowest BCUT2D eigenvalue weighted by Crippen LogP contribution is -2.45. The molecule has 1 heterocycles. The van der Waals surface area contributed by atoms with Gasteiger partial charge in [-0.15, -0.1) is 0 Å². The van der Waals surface area contributed by atoms with E-state index in [2.05, 4.69) is 57.0 Å². The number of hydrogen-bond acceptors (Lipinski definition) is 2. The normalized spacial score (nSPS) is 16.6. The van der Waals surface area contributed by atoms with Crippen molar-refractivity contribution < 1.29 is 0 Å². The molecule has 0 unspecified atom stereocenters. The van der Waals surface area contributed by atoms with E-state index in [0.29, 0.717) is 0 Å². The van der Waals surface area contributed by atoms with Crippen LogP contribution in [0.3, 0.4) is 0 Å². The molecule has 1 aromatic carbocycles. The van der Waals surface area contributed by atoms with Crippen molar-refractivity contribution in [2.45, 2.75) is 37.5 Å². The molecule has 1 aliphatic rings. The minimum Gasteiger partial charge on any atom is -0.356 e. The van der Waals surface area contributed by atoms with Crippen molar-refractivity contribution in [3.05, 3.63) is 66.0 Å². The number of pyridine rings is 1. The number of nitrogens with one attached hydrogen (secondary N) is 2. The highest BCUT2D eigenvalue weighted by atomic mass is 15.2. The summed E-state index contributed by atoms with van der Waals surface area (Å²) in [5.74, 6) is 0.873. The van der Waals surface area contributed by atoms with Gasteiger partial charge in [-0.3, -0.25) is 9.98 Å². The molecule has 0 aliphatic heterocycles. The highest BCUT2D eigenvalue weighted by Gasteiger charge is 2.35. The summed E-state index contributed by atoms with van der Waals surface area (Å²) < 4.78 is 0. The van der Waals surface area contributed by atoms with E-state index in [1.807, 2.05) is 25.4 Å². The standard InChI is InChI=1S/C21H28N4/c1-22-20(24-16-12-19-11-5-8-15-23-19)25-17-21(13-6-7-14-21)18-9-3-2-4-10-18/h2-5,8-11,15H,6-7,12-14,16-17H2,1H3,(H2,22,24,25). The maximum absolute atomic E-state index is 4.38. The summed E-state index contributed by atoms with van der Waals surface area (Å²) in [4.78, 5) is 8.74. The van der Waals surface area contributed by atoms with Gasteiger partial charge >= 0.3 is 0 Å². The Bertz CT molecular complexity index is 661. The molecule has 0 spiro atoms. The van der Waals surface area contributed by atoms with E-state index in [9.17, 15) is 0 Å². The Labute approximate surface area is 150 Å². The Morgan fingerprint density at radius 3 is 2.48 bits per heavy atom. The molecule has 0 amide bonds. The first kappa shape index (κ1) is 17.5. The molecule has 4 heteroatoms. The van der Waals surface area contributed by atoms with Gasteiger partial charge < -0.3 is 10.6 Å². The fourth-order valence-electron chi connectivity index (χ4n) is 3.74. The summed E-state index contributed by atoms with van der Waals surface area (Å²) in [6.07, 6.45) is 7.84. The number of benzene rings is 1. The molecule has 1 aromatic heterocycles. The molecule has 3 rings (SSSR count). The molecule has 2 N–H and O–H groups in total. The maximum atomic E-state index is 4.38. The van der Waals surface area contributed by atoms with Crippen LogP contribution in [0.4, 0.5) is 0 Å². The smallest absolute Gasteiger partial charge is 0.191 e. The van der Waals surface area contributed by atoms with Crippen LogP contribution < -0.4 is 10.6 Å². The number of nitrogens with zero attached hydrogens (tertiary/aromatic N) is 2. The quantitative estimate of drug-likeness (QED) is 0.628. The van der Waals surface area contributed by atoms with Crippen LogP contribution in [0.25, 0.3) is 0 Å². The van der Waals surface area contributed by atoms with Crippen molar-refractivity contribution in [3.63, 3.8) is 0 Å². The van der Waals surface area contributed by atoms with Gasteiger partial charge in [-0.25, -0.2) is 0 Å². The third-order valence-corrected chi connectivity index (χ3v) is 5.16. The summed E-state index contributed by atoms with van der Waals surface area (Å²) >= 11 is 0. The lowest BCUT2D eigenvalue weighted by atomic mass is 9.79.